The summed E-state index contributed by atoms with van der Waals surface area (Å²) in [5, 5.41) is 18.1. The molecule has 2 atom stereocenters. The Labute approximate surface area is 116 Å². The van der Waals surface area contributed by atoms with Gasteiger partial charge in [0.05, 0.1) is 5.92 Å². The summed E-state index contributed by atoms with van der Waals surface area (Å²) >= 11 is 0. The van der Waals surface area contributed by atoms with Crippen molar-refractivity contribution in [2.75, 3.05) is 0 Å². The molecule has 4 heteroatoms. The average Bonchev–Trinajstić information content (AvgIpc) is 2.33. The van der Waals surface area contributed by atoms with Gasteiger partial charge >= 0.3 is 11.9 Å². The highest BCUT2D eigenvalue weighted by Gasteiger charge is 2.23. The molecule has 0 saturated heterocycles. The lowest BCUT2D eigenvalue weighted by molar-refractivity contribution is -0.144. The van der Waals surface area contributed by atoms with E-state index in [0.717, 1.165) is 38.5 Å². The van der Waals surface area contributed by atoms with Gasteiger partial charge in [0.25, 0.3) is 0 Å². The van der Waals surface area contributed by atoms with E-state index in [2.05, 4.69) is 6.92 Å². The van der Waals surface area contributed by atoms with Crippen LogP contribution in [-0.2, 0) is 9.59 Å². The fraction of sp³-hybridized carbons (Fsp3) is 0.867. The Morgan fingerprint density at radius 1 is 0.947 bits per heavy atom. The number of unbranched alkanes of at least 4 members (excludes halogenated alkanes) is 3. The van der Waals surface area contributed by atoms with Crippen molar-refractivity contribution < 1.29 is 19.8 Å². The van der Waals surface area contributed by atoms with Crippen LogP contribution >= 0.6 is 0 Å². The third kappa shape index (κ3) is 9.51. The van der Waals surface area contributed by atoms with Crippen LogP contribution in [0.15, 0.2) is 0 Å². The Kier molecular flexibility index (Phi) is 10.2. The first kappa shape index (κ1) is 17.9. The van der Waals surface area contributed by atoms with Gasteiger partial charge in [-0.3, -0.25) is 9.59 Å². The molecule has 0 bridgehead atoms. The summed E-state index contributed by atoms with van der Waals surface area (Å²) in [6.45, 7) is 4.10. The van der Waals surface area contributed by atoms with Gasteiger partial charge < -0.3 is 10.2 Å². The van der Waals surface area contributed by atoms with E-state index in [0.29, 0.717) is 12.8 Å². The predicted octanol–water partition coefficient (Wildman–Crippen LogP) is 3.94. The average molecular weight is 272 g/mol. The summed E-state index contributed by atoms with van der Waals surface area (Å²) in [6, 6.07) is 0. The lowest BCUT2D eigenvalue weighted by Gasteiger charge is -2.19. The molecule has 19 heavy (non-hydrogen) atoms. The molecule has 0 spiro atoms. The van der Waals surface area contributed by atoms with Gasteiger partial charge in [0.2, 0.25) is 0 Å². The summed E-state index contributed by atoms with van der Waals surface area (Å²) in [6.07, 6.45) is 7.32. The predicted molar refractivity (Wildman–Crippen MR) is 75.2 cm³/mol. The molecule has 0 aliphatic rings. The van der Waals surface area contributed by atoms with Crippen molar-refractivity contribution in [2.24, 2.45) is 11.8 Å². The maximum atomic E-state index is 11.1. The first-order chi connectivity index (χ1) is 9.01. The molecule has 112 valence electrons. The van der Waals surface area contributed by atoms with Crippen LogP contribution in [0.2, 0.25) is 0 Å². The van der Waals surface area contributed by atoms with E-state index in [1.807, 2.05) is 6.92 Å². The fourth-order valence-electron chi connectivity index (χ4n) is 2.50. The van der Waals surface area contributed by atoms with Gasteiger partial charge in [-0.15, -0.1) is 0 Å². The van der Waals surface area contributed by atoms with Crippen molar-refractivity contribution in [2.45, 2.75) is 71.6 Å². The van der Waals surface area contributed by atoms with Crippen LogP contribution < -0.4 is 0 Å². The summed E-state index contributed by atoms with van der Waals surface area (Å²) in [5.74, 6) is -1.99. The summed E-state index contributed by atoms with van der Waals surface area (Å²) in [5.41, 5.74) is 0. The second-order valence-electron chi connectivity index (χ2n) is 5.37. The van der Waals surface area contributed by atoms with E-state index in [9.17, 15) is 9.59 Å². The zero-order valence-corrected chi connectivity index (χ0v) is 12.2. The van der Waals surface area contributed by atoms with E-state index in [1.165, 1.54) is 0 Å². The van der Waals surface area contributed by atoms with E-state index < -0.39 is 11.9 Å². The molecule has 0 aromatic carbocycles. The normalized spacial score (nSPS) is 14.0. The molecule has 0 aliphatic heterocycles. The summed E-state index contributed by atoms with van der Waals surface area (Å²) in [4.78, 5) is 22.0. The highest BCUT2D eigenvalue weighted by molar-refractivity contribution is 5.70. The highest BCUT2D eigenvalue weighted by atomic mass is 16.4. The van der Waals surface area contributed by atoms with Crippen LogP contribution in [-0.4, -0.2) is 22.2 Å². The Bertz CT molecular complexity index is 263. The van der Waals surface area contributed by atoms with Gasteiger partial charge in [-0.2, -0.15) is 0 Å². The number of aliphatic carboxylic acids is 2. The SMILES string of the molecule is CCCCCCC(CC(=O)O)CC(CCC)C(=O)O. The number of hydrogen-bond acceptors (Lipinski definition) is 2. The first-order valence-corrected chi connectivity index (χ1v) is 7.45. The first-order valence-electron chi connectivity index (χ1n) is 7.45. The molecule has 2 unspecified atom stereocenters. The van der Waals surface area contributed by atoms with Gasteiger partial charge in [0, 0.05) is 6.42 Å². The fourth-order valence-corrected chi connectivity index (χ4v) is 2.50. The topological polar surface area (TPSA) is 74.6 Å². The molecule has 0 aromatic rings. The molecule has 0 saturated carbocycles. The second kappa shape index (κ2) is 10.8. The van der Waals surface area contributed by atoms with E-state index in [-0.39, 0.29) is 18.3 Å². The van der Waals surface area contributed by atoms with E-state index in [1.54, 1.807) is 0 Å². The number of carboxylic acid groups (broad SMARTS) is 2. The summed E-state index contributed by atoms with van der Waals surface area (Å²) in [7, 11) is 0. The van der Waals surface area contributed by atoms with Crippen molar-refractivity contribution in [3.8, 4) is 0 Å². The second-order valence-corrected chi connectivity index (χ2v) is 5.37. The van der Waals surface area contributed by atoms with Gasteiger partial charge in [-0.05, 0) is 25.2 Å². The number of hydrogen-bond donors (Lipinski definition) is 2. The van der Waals surface area contributed by atoms with Crippen LogP contribution in [0.3, 0.4) is 0 Å². The molecular weight excluding hydrogens is 244 g/mol. The van der Waals surface area contributed by atoms with E-state index >= 15 is 0 Å². The maximum Gasteiger partial charge on any atom is 0.306 e. The standard InChI is InChI=1S/C15H28O4/c1-3-5-6-7-9-12(11-14(16)17)10-13(8-4-2)15(18)19/h12-13H,3-11H2,1-2H3,(H,16,17)(H,18,19). The molecule has 0 radical (unpaired) electrons. The third-order valence-electron chi connectivity index (χ3n) is 3.53. The van der Waals surface area contributed by atoms with Gasteiger partial charge in [-0.1, -0.05) is 46.0 Å². The number of carboxylic acids is 2. The summed E-state index contributed by atoms with van der Waals surface area (Å²) < 4.78 is 0. The van der Waals surface area contributed by atoms with Gasteiger partial charge in [0.15, 0.2) is 0 Å². The molecule has 0 rings (SSSR count). The lowest BCUT2D eigenvalue weighted by Crippen LogP contribution is -2.19. The molecule has 0 aliphatic carbocycles. The minimum absolute atomic E-state index is 0.00186. The van der Waals surface area contributed by atoms with Gasteiger partial charge in [-0.25, -0.2) is 0 Å². The van der Waals surface area contributed by atoms with Crippen molar-refractivity contribution >= 4 is 11.9 Å². The zero-order chi connectivity index (χ0) is 14.7. The Morgan fingerprint density at radius 3 is 2.11 bits per heavy atom. The molecule has 0 aromatic heterocycles. The molecule has 0 heterocycles. The largest absolute Gasteiger partial charge is 0.481 e. The molecule has 2 N–H and O–H groups in total. The molecule has 0 fully saturated rings. The Hall–Kier alpha value is -1.06. The minimum atomic E-state index is -0.818. The zero-order valence-electron chi connectivity index (χ0n) is 12.2. The minimum Gasteiger partial charge on any atom is -0.481 e. The lowest BCUT2D eigenvalue weighted by atomic mass is 9.86. The van der Waals surface area contributed by atoms with Crippen LogP contribution in [0.25, 0.3) is 0 Å². The van der Waals surface area contributed by atoms with Crippen molar-refractivity contribution in [3.63, 3.8) is 0 Å². The van der Waals surface area contributed by atoms with E-state index in [4.69, 9.17) is 10.2 Å². The molecule has 0 amide bonds. The number of carbonyl (C=O) groups is 2. The van der Waals surface area contributed by atoms with Crippen molar-refractivity contribution in [1.82, 2.24) is 0 Å². The Morgan fingerprint density at radius 2 is 1.63 bits per heavy atom. The maximum absolute atomic E-state index is 11.1. The van der Waals surface area contributed by atoms with Gasteiger partial charge in [0.1, 0.15) is 0 Å². The molecule has 4 nitrogen and oxygen atoms in total. The number of rotatable bonds is 12. The quantitative estimate of drug-likeness (QED) is 0.528. The molecular formula is C15H28O4. The van der Waals surface area contributed by atoms with Crippen LogP contribution in [0.1, 0.15) is 71.6 Å². The smallest absolute Gasteiger partial charge is 0.306 e. The van der Waals surface area contributed by atoms with Crippen molar-refractivity contribution in [3.05, 3.63) is 0 Å². The monoisotopic (exact) mass is 272 g/mol. The highest BCUT2D eigenvalue weighted by Crippen LogP contribution is 2.25. The van der Waals surface area contributed by atoms with Crippen LogP contribution in [0.4, 0.5) is 0 Å². The Balaban J connectivity index is 4.29. The van der Waals surface area contributed by atoms with Crippen LogP contribution in [0, 0.1) is 11.8 Å². The third-order valence-corrected chi connectivity index (χ3v) is 3.53. The van der Waals surface area contributed by atoms with Crippen molar-refractivity contribution in [1.29, 1.82) is 0 Å². The van der Waals surface area contributed by atoms with Crippen LogP contribution in [0.5, 0.6) is 0 Å².